The first-order valence-electron chi connectivity index (χ1n) is 19.9. The van der Waals surface area contributed by atoms with Crippen LogP contribution in [-0.2, 0) is 64.9 Å². The molecule has 0 radical (unpaired) electrons. The number of nitrogen functional groups attached to an aromatic ring is 1. The van der Waals surface area contributed by atoms with E-state index in [2.05, 4.69) is 70.5 Å². The van der Waals surface area contributed by atoms with Crippen LogP contribution < -0.4 is 21.7 Å². The van der Waals surface area contributed by atoms with Gasteiger partial charge in [-0.1, -0.05) is 6.07 Å². The molecule has 2 heterocycles. The minimum Gasteiger partial charge on any atom is -0.505 e. The lowest BCUT2D eigenvalue weighted by atomic mass is 10.1. The van der Waals surface area contributed by atoms with Gasteiger partial charge in [0.1, 0.15) is 42.3 Å². The van der Waals surface area contributed by atoms with Crippen LogP contribution in [0.5, 0.6) is 5.75 Å². The van der Waals surface area contributed by atoms with Crippen molar-refractivity contribution in [3.05, 3.63) is 88.6 Å². The Morgan fingerprint density at radius 2 is 0.936 bits per heavy atom. The number of nitrogens with zero attached hydrogens (tertiary/aromatic N) is 10. The highest BCUT2D eigenvalue weighted by atomic mass is 35.5. The molecule has 33 nitrogen and oxygen atoms in total. The predicted molar refractivity (Wildman–Crippen MR) is 271 cm³/mol. The predicted octanol–water partition coefficient (Wildman–Crippen LogP) is 6.10. The van der Waals surface area contributed by atoms with E-state index in [1.807, 2.05) is 0 Å². The molecule has 0 fully saturated rings. The van der Waals surface area contributed by atoms with Gasteiger partial charge in [0.15, 0.2) is 15.6 Å². The number of nitrogens with two attached hydrogens (primary N) is 1. The minimum absolute atomic E-state index is 0.0330. The molecule has 0 amide bonds. The zero-order valence-corrected chi connectivity index (χ0v) is 44.6. The molecule has 0 aliphatic rings. The normalized spacial score (nSPS) is 12.9. The molecule has 0 aliphatic carbocycles. The van der Waals surface area contributed by atoms with E-state index < -0.39 is 149 Å². The van der Waals surface area contributed by atoms with Crippen LogP contribution in [0.15, 0.2) is 118 Å². The van der Waals surface area contributed by atoms with Crippen LogP contribution in [0.25, 0.3) is 10.8 Å². The van der Waals surface area contributed by atoms with Crippen molar-refractivity contribution in [2.75, 3.05) is 34.0 Å². The standard InChI is InChI=1S/C36H27Cl3N14O19S6/c37-31-44-32(38)46-34(45-31)42-17-4-6-23(75(60,61)62)21(13-17)51-53-29-25(77(66,67)68)11-15-10-24(76(63,64)65)28(27(40)26(15)30(29)54)52-50-20-14-18(5-7-22(20)74(57,58)59)43-36-48-33(39)47-35(49-36)41-16-2-1-3-19(12-16)73(55,56)9-8-72-78(69,70)71/h1-7,10-14,54H,8-9,40H2,(H,57,58,59)(H,60,61,62)(H,63,64,65)(H,66,67,68)(H,69,70,71)(H,42,44,45,46)(H2,41,43,47,48,49). The summed E-state index contributed by atoms with van der Waals surface area (Å²) in [5.74, 6) is -3.25. The van der Waals surface area contributed by atoms with Crippen LogP contribution in [0.2, 0.25) is 15.9 Å². The Morgan fingerprint density at radius 3 is 1.40 bits per heavy atom. The van der Waals surface area contributed by atoms with E-state index in [1.54, 1.807) is 0 Å². The van der Waals surface area contributed by atoms with Gasteiger partial charge < -0.3 is 26.8 Å². The highest BCUT2D eigenvalue weighted by Gasteiger charge is 2.29. The van der Waals surface area contributed by atoms with Crippen molar-refractivity contribution in [3.8, 4) is 5.75 Å². The number of phenolic OH excluding ortho intramolecular Hbond substituents is 1. The number of azo groups is 2. The van der Waals surface area contributed by atoms with E-state index in [1.165, 1.54) is 12.1 Å². The molecule has 2 aromatic heterocycles. The third-order valence-corrected chi connectivity index (χ3v) is 15.8. The highest BCUT2D eigenvalue weighted by molar-refractivity contribution is 7.91. The fraction of sp³-hybridized carbons (Fsp3) is 0.0556. The summed E-state index contributed by atoms with van der Waals surface area (Å²) in [5.41, 5.74) is 1.12. The molecule has 0 saturated carbocycles. The quantitative estimate of drug-likeness (QED) is 0.0248. The summed E-state index contributed by atoms with van der Waals surface area (Å²) in [6, 6.07) is 11.2. The molecule has 0 unspecified atom stereocenters. The molecule has 0 saturated heterocycles. The second-order valence-electron chi connectivity index (χ2n) is 14.9. The van der Waals surface area contributed by atoms with Gasteiger partial charge in [-0.3, -0.25) is 22.8 Å². The van der Waals surface area contributed by atoms with Crippen LogP contribution in [0.3, 0.4) is 0 Å². The second kappa shape index (κ2) is 22.0. The number of halogens is 3. The molecule has 0 spiro atoms. The first kappa shape index (κ1) is 58.6. The van der Waals surface area contributed by atoms with Gasteiger partial charge in [-0.2, -0.15) is 72.0 Å². The molecule has 5 aromatic carbocycles. The summed E-state index contributed by atoms with van der Waals surface area (Å²) in [6.07, 6.45) is 0. The molecule has 412 valence electrons. The molecular formula is C36H27Cl3N14O19S6. The number of aromatic hydroxyl groups is 1. The lowest BCUT2D eigenvalue weighted by Crippen LogP contribution is -2.15. The van der Waals surface area contributed by atoms with Crippen LogP contribution in [0.1, 0.15) is 0 Å². The summed E-state index contributed by atoms with van der Waals surface area (Å²) < 4.78 is 202. The SMILES string of the molecule is Nc1c(N=Nc2cc(Nc3nc(Cl)nc(Nc4cccc(S(=O)(=O)CCOS(=O)(=O)O)c4)n3)ccc2S(=O)(=O)O)c(S(=O)(=O)O)cc2cc(S(=O)(=O)O)c(N=Nc3cc(Nc4nc(Cl)nc(Cl)n4)ccc3S(=O)(=O)O)c(O)c12. The van der Waals surface area contributed by atoms with Gasteiger partial charge in [0, 0.05) is 17.1 Å². The molecule has 7 aromatic rings. The van der Waals surface area contributed by atoms with Gasteiger partial charge in [-0.25, -0.2) is 12.6 Å². The van der Waals surface area contributed by atoms with Gasteiger partial charge in [-0.15, -0.1) is 20.5 Å². The lowest BCUT2D eigenvalue weighted by Gasteiger charge is -2.14. The number of hydrogen-bond acceptors (Lipinski definition) is 28. The lowest BCUT2D eigenvalue weighted by molar-refractivity contribution is 0.284. The van der Waals surface area contributed by atoms with E-state index >= 15 is 0 Å². The van der Waals surface area contributed by atoms with Crippen LogP contribution in [-0.4, -0.2) is 121 Å². The highest BCUT2D eigenvalue weighted by Crippen LogP contribution is 2.49. The van der Waals surface area contributed by atoms with E-state index in [0.717, 1.165) is 48.5 Å². The van der Waals surface area contributed by atoms with Gasteiger partial charge in [0.2, 0.25) is 33.7 Å². The van der Waals surface area contributed by atoms with Crippen LogP contribution in [0, 0.1) is 0 Å². The first-order valence-corrected chi connectivity index (χ1v) is 29.8. The summed E-state index contributed by atoms with van der Waals surface area (Å²) in [7, 11) is -30.6. The zero-order chi connectivity index (χ0) is 57.5. The van der Waals surface area contributed by atoms with Gasteiger partial charge in [0.05, 0.1) is 28.3 Å². The summed E-state index contributed by atoms with van der Waals surface area (Å²) in [5, 5.41) is 31.5. The van der Waals surface area contributed by atoms with Crippen molar-refractivity contribution < 1.29 is 82.6 Å². The maximum atomic E-state index is 12.8. The average Bonchev–Trinajstić information content (AvgIpc) is 3.50. The van der Waals surface area contributed by atoms with Crippen molar-refractivity contribution >= 4 is 170 Å². The van der Waals surface area contributed by atoms with Crippen molar-refractivity contribution in [2.24, 2.45) is 20.5 Å². The number of phenols is 1. The Hall–Kier alpha value is -7.09. The number of fused-ring (bicyclic) bond motifs is 1. The number of aromatic nitrogens is 6. The molecule has 11 N–H and O–H groups in total. The third kappa shape index (κ3) is 14.3. The molecule has 0 bridgehead atoms. The van der Waals surface area contributed by atoms with Crippen molar-refractivity contribution in [1.29, 1.82) is 0 Å². The maximum Gasteiger partial charge on any atom is 0.397 e. The topological polar surface area (TPSA) is 524 Å². The average molecular weight is 1260 g/mol. The first-order chi connectivity index (χ1) is 36.1. The number of nitrogens with one attached hydrogen (secondary N) is 3. The van der Waals surface area contributed by atoms with E-state index in [-0.39, 0.29) is 44.4 Å². The number of benzene rings is 5. The molecule has 78 heavy (non-hydrogen) atoms. The Balaban J connectivity index is 1.28. The second-order valence-corrected chi connectivity index (χ2v) is 24.7. The molecule has 0 atom stereocenters. The van der Waals surface area contributed by atoms with E-state index in [9.17, 15) is 73.8 Å². The fourth-order valence-corrected chi connectivity index (χ4v) is 11.1. The third-order valence-electron chi connectivity index (χ3n) is 9.59. The molecule has 7 rings (SSSR count). The Kier molecular flexibility index (Phi) is 16.5. The summed E-state index contributed by atoms with van der Waals surface area (Å²) in [6.45, 7) is -0.915. The zero-order valence-electron chi connectivity index (χ0n) is 37.5. The number of hydrogen-bond donors (Lipinski definition) is 10. The van der Waals surface area contributed by atoms with Gasteiger partial charge in [-0.05, 0) is 107 Å². The molecular weight excluding hydrogens is 1230 g/mol. The fourth-order valence-electron chi connectivity index (χ4n) is 6.46. The largest absolute Gasteiger partial charge is 0.505 e. The Morgan fingerprint density at radius 1 is 0.513 bits per heavy atom. The van der Waals surface area contributed by atoms with Crippen LogP contribution >= 0.6 is 34.8 Å². The number of rotatable bonds is 19. The van der Waals surface area contributed by atoms with Gasteiger partial charge >= 0.3 is 10.4 Å². The Bertz CT molecular complexity index is 4400. The van der Waals surface area contributed by atoms with Crippen LogP contribution in [0.4, 0.5) is 63.3 Å². The summed E-state index contributed by atoms with van der Waals surface area (Å²) in [4.78, 5) is 18.1. The minimum atomic E-state index is -5.53. The van der Waals surface area contributed by atoms with E-state index in [4.69, 9.17) is 45.1 Å². The van der Waals surface area contributed by atoms with Crippen molar-refractivity contribution in [2.45, 2.75) is 24.5 Å². The molecule has 42 heteroatoms. The molecule has 0 aliphatic heterocycles. The number of anilines is 7. The van der Waals surface area contributed by atoms with Crippen molar-refractivity contribution in [1.82, 2.24) is 29.9 Å². The monoisotopic (exact) mass is 1260 g/mol. The van der Waals surface area contributed by atoms with Crippen molar-refractivity contribution in [3.63, 3.8) is 0 Å². The Labute approximate surface area is 452 Å². The smallest absolute Gasteiger partial charge is 0.397 e. The maximum absolute atomic E-state index is 12.8. The van der Waals surface area contributed by atoms with Gasteiger partial charge in [0.25, 0.3) is 40.5 Å². The number of sulfone groups is 1. The summed E-state index contributed by atoms with van der Waals surface area (Å²) >= 11 is 17.7. The van der Waals surface area contributed by atoms with E-state index in [0.29, 0.717) is 12.1 Å².